The van der Waals surface area contributed by atoms with E-state index < -0.39 is 29.4 Å². The van der Waals surface area contributed by atoms with E-state index in [0.29, 0.717) is 56.0 Å². The molecule has 10 heteroatoms. The zero-order chi connectivity index (χ0) is 27.6. The Morgan fingerprint density at radius 1 is 1.08 bits per heavy atom. The summed E-state index contributed by atoms with van der Waals surface area (Å²) in [4.78, 5) is 41.2. The Morgan fingerprint density at radius 2 is 1.73 bits per heavy atom. The van der Waals surface area contributed by atoms with Crippen LogP contribution in [0.5, 0.6) is 0 Å². The largest absolute Gasteiger partial charge is 0.477 e. The molecule has 2 saturated heterocycles. The van der Waals surface area contributed by atoms with Crippen LogP contribution >= 0.6 is 11.3 Å². The van der Waals surface area contributed by atoms with E-state index >= 15 is 0 Å². The smallest absolute Gasteiger partial charge is 0.410 e. The third-order valence-corrected chi connectivity index (χ3v) is 7.06. The van der Waals surface area contributed by atoms with E-state index in [-0.39, 0.29) is 16.3 Å². The number of nitrogens with one attached hydrogen (secondary N) is 1. The number of thiophene rings is 1. The number of likely N-dealkylation sites (tertiary alicyclic amines) is 2. The SMILES string of the molecule is CC(C)(C)C#Cc1cc(NC2CCN(C(=O)OC3(C)CCN(C(=O)OC(C)(C)C)C3)CC2)c(C(=O)O)s1. The first-order chi connectivity index (χ1) is 17.0. The zero-order valence-electron chi connectivity index (χ0n) is 22.9. The number of rotatable bonds is 4. The van der Waals surface area contributed by atoms with Crippen molar-refractivity contribution in [2.75, 3.05) is 31.5 Å². The second-order valence-electron chi connectivity index (χ2n) is 12.0. The van der Waals surface area contributed by atoms with Gasteiger partial charge in [0.2, 0.25) is 0 Å². The summed E-state index contributed by atoms with van der Waals surface area (Å²) < 4.78 is 11.3. The molecule has 37 heavy (non-hydrogen) atoms. The fourth-order valence-corrected chi connectivity index (χ4v) is 4.98. The molecule has 0 saturated carbocycles. The molecular weight excluding hydrogens is 494 g/mol. The molecule has 1 aromatic rings. The fourth-order valence-electron chi connectivity index (χ4n) is 4.17. The molecule has 2 aliphatic rings. The van der Waals surface area contributed by atoms with Crippen molar-refractivity contribution in [1.82, 2.24) is 9.80 Å². The second-order valence-corrected chi connectivity index (χ2v) is 13.1. The van der Waals surface area contributed by atoms with E-state index in [2.05, 4.69) is 17.2 Å². The standard InChI is InChI=1S/C27H39N3O6S/c1-25(2,3)11-8-19-16-20(21(37-19)22(31)32)28-18-9-13-29(14-10-18)23(33)36-27(7)12-15-30(17-27)24(34)35-26(4,5)6/h16,18,28H,9-10,12-15,17H2,1-7H3,(H,31,32). The third kappa shape index (κ3) is 8.29. The van der Waals surface area contributed by atoms with Gasteiger partial charge in [-0.25, -0.2) is 14.4 Å². The van der Waals surface area contributed by atoms with E-state index in [1.807, 2.05) is 48.5 Å². The molecule has 0 spiro atoms. The monoisotopic (exact) mass is 533 g/mol. The number of carbonyl (C=O) groups is 3. The molecule has 2 fully saturated rings. The number of hydrogen-bond donors (Lipinski definition) is 2. The zero-order valence-corrected chi connectivity index (χ0v) is 23.7. The molecule has 3 rings (SSSR count). The molecule has 0 aliphatic carbocycles. The van der Waals surface area contributed by atoms with Crippen molar-refractivity contribution in [3.05, 3.63) is 15.8 Å². The molecule has 1 aromatic heterocycles. The Hall–Kier alpha value is -2.93. The highest BCUT2D eigenvalue weighted by Gasteiger charge is 2.42. The first kappa shape index (κ1) is 28.6. The van der Waals surface area contributed by atoms with Crippen LogP contribution in [0.15, 0.2) is 6.07 Å². The molecule has 0 bridgehead atoms. The van der Waals surface area contributed by atoms with Gasteiger partial charge in [-0.15, -0.1) is 11.3 Å². The summed E-state index contributed by atoms with van der Waals surface area (Å²) >= 11 is 1.17. The van der Waals surface area contributed by atoms with Crippen molar-refractivity contribution in [1.29, 1.82) is 0 Å². The van der Waals surface area contributed by atoms with Crippen molar-refractivity contribution in [3.63, 3.8) is 0 Å². The van der Waals surface area contributed by atoms with Crippen LogP contribution in [0.3, 0.4) is 0 Å². The minimum absolute atomic E-state index is 0.0323. The lowest BCUT2D eigenvalue weighted by Gasteiger charge is -2.35. The summed E-state index contributed by atoms with van der Waals surface area (Å²) in [5.41, 5.74) is -0.953. The van der Waals surface area contributed by atoms with Crippen molar-refractivity contribution < 1.29 is 29.0 Å². The highest BCUT2D eigenvalue weighted by Crippen LogP contribution is 2.31. The minimum atomic E-state index is -0.984. The van der Waals surface area contributed by atoms with Crippen LogP contribution in [-0.4, -0.2) is 76.5 Å². The van der Waals surface area contributed by atoms with Crippen molar-refractivity contribution in [3.8, 4) is 11.8 Å². The summed E-state index contributed by atoms with van der Waals surface area (Å²) in [6.07, 6.45) is 1.07. The fraction of sp³-hybridized carbons (Fsp3) is 0.667. The van der Waals surface area contributed by atoms with E-state index in [1.54, 1.807) is 15.9 Å². The maximum atomic E-state index is 12.9. The van der Waals surface area contributed by atoms with Crippen LogP contribution in [0, 0.1) is 17.3 Å². The van der Waals surface area contributed by atoms with Crippen LogP contribution in [0.1, 0.15) is 82.3 Å². The summed E-state index contributed by atoms with van der Waals surface area (Å²) in [6, 6.07) is 1.83. The Kier molecular flexibility index (Phi) is 8.37. The lowest BCUT2D eigenvalue weighted by atomic mass is 9.98. The summed E-state index contributed by atoms with van der Waals surface area (Å²) in [5, 5.41) is 13.0. The van der Waals surface area contributed by atoms with Crippen molar-refractivity contribution >= 4 is 35.2 Å². The van der Waals surface area contributed by atoms with Crippen LogP contribution in [0.25, 0.3) is 0 Å². The Labute approximate surface area is 223 Å². The molecule has 2 N–H and O–H groups in total. The highest BCUT2D eigenvalue weighted by molar-refractivity contribution is 7.15. The first-order valence-electron chi connectivity index (χ1n) is 12.7. The molecule has 1 atom stereocenters. The number of aromatic carboxylic acids is 1. The maximum absolute atomic E-state index is 12.9. The van der Waals surface area contributed by atoms with Gasteiger partial charge in [0.15, 0.2) is 0 Å². The number of carboxylic acid groups (broad SMARTS) is 1. The molecule has 2 aliphatic heterocycles. The van der Waals surface area contributed by atoms with E-state index in [1.165, 1.54) is 11.3 Å². The summed E-state index contributed by atoms with van der Waals surface area (Å²) in [6.45, 7) is 15.1. The second kappa shape index (κ2) is 10.8. The Morgan fingerprint density at radius 3 is 2.30 bits per heavy atom. The third-order valence-electron chi connectivity index (χ3n) is 6.02. The molecule has 9 nitrogen and oxygen atoms in total. The van der Waals surface area contributed by atoms with Gasteiger partial charge >= 0.3 is 18.2 Å². The van der Waals surface area contributed by atoms with Gasteiger partial charge < -0.3 is 29.7 Å². The molecule has 3 heterocycles. The number of anilines is 1. The highest BCUT2D eigenvalue weighted by atomic mass is 32.1. The number of ether oxygens (including phenoxy) is 2. The average molecular weight is 534 g/mol. The predicted molar refractivity (Wildman–Crippen MR) is 143 cm³/mol. The van der Waals surface area contributed by atoms with E-state index in [4.69, 9.17) is 9.47 Å². The lowest BCUT2D eigenvalue weighted by Crippen LogP contribution is -2.46. The van der Waals surface area contributed by atoms with Gasteiger partial charge in [-0.3, -0.25) is 0 Å². The Balaban J connectivity index is 1.53. The summed E-state index contributed by atoms with van der Waals surface area (Å²) in [7, 11) is 0. The van der Waals surface area contributed by atoms with Crippen LogP contribution in [-0.2, 0) is 9.47 Å². The van der Waals surface area contributed by atoms with Gasteiger partial charge in [0.05, 0.1) is 17.1 Å². The molecule has 0 radical (unpaired) electrons. The molecule has 2 amide bonds. The number of piperidine rings is 1. The minimum Gasteiger partial charge on any atom is -0.477 e. The maximum Gasteiger partial charge on any atom is 0.410 e. The summed E-state index contributed by atoms with van der Waals surface area (Å²) in [5.74, 6) is 5.24. The molecule has 1 unspecified atom stereocenters. The number of carbonyl (C=O) groups excluding carboxylic acids is 2. The van der Waals surface area contributed by atoms with Crippen molar-refractivity contribution in [2.24, 2.45) is 5.41 Å². The number of hydrogen-bond acceptors (Lipinski definition) is 7. The van der Waals surface area contributed by atoms with Gasteiger partial charge in [0, 0.05) is 37.5 Å². The Bertz CT molecular complexity index is 1080. The average Bonchev–Trinajstić information content (AvgIpc) is 3.35. The van der Waals surface area contributed by atoms with Crippen LogP contribution < -0.4 is 5.32 Å². The number of nitrogens with zero attached hydrogens (tertiary/aromatic N) is 2. The molecule has 0 aromatic carbocycles. The van der Waals surface area contributed by atoms with Gasteiger partial charge in [0.1, 0.15) is 16.1 Å². The first-order valence-corrected chi connectivity index (χ1v) is 13.5. The number of amides is 2. The van der Waals surface area contributed by atoms with E-state index in [9.17, 15) is 19.5 Å². The normalized spacial score (nSPS) is 20.7. The van der Waals surface area contributed by atoms with Crippen LogP contribution in [0.2, 0.25) is 0 Å². The molecular formula is C27H39N3O6S. The van der Waals surface area contributed by atoms with Gasteiger partial charge in [-0.1, -0.05) is 11.8 Å². The quantitative estimate of drug-likeness (QED) is 0.509. The van der Waals surface area contributed by atoms with Gasteiger partial charge in [0.25, 0.3) is 0 Å². The predicted octanol–water partition coefficient (Wildman–Crippen LogP) is 5.26. The van der Waals surface area contributed by atoms with Crippen molar-refractivity contribution in [2.45, 2.75) is 85.0 Å². The van der Waals surface area contributed by atoms with Gasteiger partial charge in [-0.2, -0.15) is 0 Å². The van der Waals surface area contributed by atoms with Gasteiger partial charge in [-0.05, 0) is 67.4 Å². The number of carboxylic acids is 1. The lowest BCUT2D eigenvalue weighted by molar-refractivity contribution is -0.00314. The van der Waals surface area contributed by atoms with E-state index in [0.717, 1.165) is 0 Å². The topological polar surface area (TPSA) is 108 Å². The van der Waals surface area contributed by atoms with Crippen LogP contribution in [0.4, 0.5) is 15.3 Å². The molecule has 204 valence electrons.